The maximum atomic E-state index is 12.2. The van der Waals surface area contributed by atoms with Gasteiger partial charge in [0.2, 0.25) is 0 Å². The van der Waals surface area contributed by atoms with E-state index in [4.69, 9.17) is 0 Å². The molecule has 14 heteroatoms. The van der Waals surface area contributed by atoms with E-state index in [-0.39, 0.29) is 22.9 Å². The Kier molecular flexibility index (Phi) is 10.8. The molecule has 0 atom stereocenters. The zero-order chi connectivity index (χ0) is 25.2. The van der Waals surface area contributed by atoms with E-state index in [2.05, 4.69) is 42.5 Å². The number of hydrogen-bond donors (Lipinski definition) is 4. The van der Waals surface area contributed by atoms with Gasteiger partial charge in [-0.25, -0.2) is 35.9 Å². The summed E-state index contributed by atoms with van der Waals surface area (Å²) in [6.07, 6.45) is 2.65. The molecule has 0 aliphatic rings. The van der Waals surface area contributed by atoms with E-state index < -0.39 is 32.1 Å². The maximum absolute atomic E-state index is 12.2. The molecular formula is C20H24Br2N4O6S2. The fraction of sp³-hybridized carbons (Fsp3) is 0.300. The number of urea groups is 2. The molecule has 0 unspecified atom stereocenters. The predicted octanol–water partition coefficient (Wildman–Crippen LogP) is 3.45. The number of amides is 4. The lowest BCUT2D eigenvalue weighted by atomic mass is 10.2. The first-order valence-electron chi connectivity index (χ1n) is 10.1. The highest BCUT2D eigenvalue weighted by molar-refractivity contribution is 9.10. The van der Waals surface area contributed by atoms with Gasteiger partial charge in [-0.15, -0.1) is 0 Å². The molecule has 0 heterocycles. The molecule has 2 aromatic rings. The summed E-state index contributed by atoms with van der Waals surface area (Å²) in [6, 6.07) is 10.4. The lowest BCUT2D eigenvalue weighted by Crippen LogP contribution is -2.40. The van der Waals surface area contributed by atoms with Gasteiger partial charge in [0.25, 0.3) is 20.0 Å². The minimum atomic E-state index is -3.96. The molecule has 186 valence electrons. The van der Waals surface area contributed by atoms with Crippen LogP contribution in [0.3, 0.4) is 0 Å². The van der Waals surface area contributed by atoms with Crippen molar-refractivity contribution in [2.75, 3.05) is 13.1 Å². The van der Waals surface area contributed by atoms with Crippen molar-refractivity contribution in [3.8, 4) is 0 Å². The predicted molar refractivity (Wildman–Crippen MR) is 134 cm³/mol. The highest BCUT2D eigenvalue weighted by Crippen LogP contribution is 2.16. The Morgan fingerprint density at radius 1 is 0.647 bits per heavy atom. The van der Waals surface area contributed by atoms with Gasteiger partial charge in [-0.05, 0) is 49.2 Å². The molecule has 0 radical (unpaired) electrons. The summed E-state index contributed by atoms with van der Waals surface area (Å²) in [6.45, 7) is 0.553. The summed E-state index contributed by atoms with van der Waals surface area (Å²) in [5, 5.41) is 4.97. The van der Waals surface area contributed by atoms with Gasteiger partial charge < -0.3 is 10.6 Å². The molecule has 2 rings (SSSR count). The van der Waals surface area contributed by atoms with Crippen LogP contribution < -0.4 is 20.1 Å². The summed E-state index contributed by atoms with van der Waals surface area (Å²) >= 11 is 6.37. The van der Waals surface area contributed by atoms with Crippen molar-refractivity contribution < 1.29 is 26.4 Å². The van der Waals surface area contributed by atoms with Crippen LogP contribution in [0.15, 0.2) is 67.3 Å². The van der Waals surface area contributed by atoms with Crippen LogP contribution in [0.2, 0.25) is 0 Å². The first-order valence-corrected chi connectivity index (χ1v) is 14.7. The normalized spacial score (nSPS) is 11.5. The van der Waals surface area contributed by atoms with E-state index in [1.54, 1.807) is 24.3 Å². The maximum Gasteiger partial charge on any atom is 0.328 e. The number of nitrogens with one attached hydrogen (secondary N) is 4. The molecule has 0 aliphatic carbocycles. The van der Waals surface area contributed by atoms with E-state index in [9.17, 15) is 26.4 Å². The SMILES string of the molecule is O=C(NCCCCCCNC(=O)NS(=O)(=O)c1cccc(Br)c1)NS(=O)(=O)c1cccc(Br)c1. The minimum absolute atomic E-state index is 0.0296. The molecule has 0 saturated heterocycles. The van der Waals surface area contributed by atoms with Gasteiger partial charge in [0.1, 0.15) is 0 Å². The lowest BCUT2D eigenvalue weighted by Gasteiger charge is -2.10. The molecule has 4 amide bonds. The molecule has 0 fully saturated rings. The molecule has 0 saturated carbocycles. The fourth-order valence-electron chi connectivity index (χ4n) is 2.71. The fourth-order valence-corrected chi connectivity index (χ4v) is 5.76. The first kappa shape index (κ1) is 28.1. The van der Waals surface area contributed by atoms with Crippen LogP contribution in [0.4, 0.5) is 9.59 Å². The Hall–Kier alpha value is -2.16. The van der Waals surface area contributed by atoms with Crippen molar-refractivity contribution in [2.45, 2.75) is 35.5 Å². The van der Waals surface area contributed by atoms with Crippen molar-refractivity contribution in [3.63, 3.8) is 0 Å². The van der Waals surface area contributed by atoms with Crippen LogP contribution >= 0.6 is 31.9 Å². The van der Waals surface area contributed by atoms with Crippen molar-refractivity contribution >= 4 is 64.0 Å². The molecule has 0 aliphatic heterocycles. The third-order valence-electron chi connectivity index (χ3n) is 4.34. The Morgan fingerprint density at radius 3 is 1.38 bits per heavy atom. The number of sulfonamides is 2. The van der Waals surface area contributed by atoms with Gasteiger partial charge in [-0.1, -0.05) is 56.8 Å². The second-order valence-corrected chi connectivity index (χ2v) is 12.2. The van der Waals surface area contributed by atoms with Gasteiger partial charge >= 0.3 is 12.1 Å². The number of benzene rings is 2. The Balaban J connectivity index is 1.58. The van der Waals surface area contributed by atoms with Gasteiger partial charge in [-0.2, -0.15) is 0 Å². The van der Waals surface area contributed by atoms with E-state index in [0.29, 0.717) is 21.8 Å². The number of carbonyl (C=O) groups excluding carboxylic acids is 2. The molecule has 34 heavy (non-hydrogen) atoms. The topological polar surface area (TPSA) is 151 Å². The molecule has 10 nitrogen and oxygen atoms in total. The lowest BCUT2D eigenvalue weighted by molar-refractivity contribution is 0.244. The van der Waals surface area contributed by atoms with E-state index in [0.717, 1.165) is 12.8 Å². The zero-order valence-electron chi connectivity index (χ0n) is 17.9. The van der Waals surface area contributed by atoms with Gasteiger partial charge in [0.15, 0.2) is 0 Å². The summed E-state index contributed by atoms with van der Waals surface area (Å²) in [5.41, 5.74) is 0. The first-order chi connectivity index (χ1) is 16.0. The molecule has 0 spiro atoms. The van der Waals surface area contributed by atoms with Crippen LogP contribution in [0.5, 0.6) is 0 Å². The van der Waals surface area contributed by atoms with Crippen molar-refractivity contribution in [1.82, 2.24) is 20.1 Å². The quantitative estimate of drug-likeness (QED) is 0.277. The summed E-state index contributed by atoms with van der Waals surface area (Å²) in [7, 11) is -7.92. The van der Waals surface area contributed by atoms with Crippen molar-refractivity contribution in [2.24, 2.45) is 0 Å². The van der Waals surface area contributed by atoms with Crippen LogP contribution in [0.25, 0.3) is 0 Å². The Bertz CT molecular complexity index is 1130. The van der Waals surface area contributed by atoms with Crippen LogP contribution in [0.1, 0.15) is 25.7 Å². The van der Waals surface area contributed by atoms with Gasteiger partial charge in [-0.3, -0.25) is 0 Å². The number of unbranched alkanes of at least 4 members (excludes halogenated alkanes) is 3. The molecule has 2 aromatic carbocycles. The second-order valence-electron chi connectivity index (χ2n) is 7.05. The van der Waals surface area contributed by atoms with Gasteiger partial charge in [0, 0.05) is 22.0 Å². The largest absolute Gasteiger partial charge is 0.337 e. The van der Waals surface area contributed by atoms with Crippen LogP contribution in [-0.2, 0) is 20.0 Å². The minimum Gasteiger partial charge on any atom is -0.337 e. The highest BCUT2D eigenvalue weighted by Gasteiger charge is 2.18. The second kappa shape index (κ2) is 13.1. The Labute approximate surface area is 215 Å². The molecule has 4 N–H and O–H groups in total. The van der Waals surface area contributed by atoms with E-state index >= 15 is 0 Å². The summed E-state index contributed by atoms with van der Waals surface area (Å²) < 4.78 is 53.7. The average molecular weight is 640 g/mol. The van der Waals surface area contributed by atoms with Crippen molar-refractivity contribution in [3.05, 3.63) is 57.5 Å². The highest BCUT2D eigenvalue weighted by atomic mass is 79.9. The van der Waals surface area contributed by atoms with Crippen molar-refractivity contribution in [1.29, 1.82) is 0 Å². The molecule has 0 bridgehead atoms. The van der Waals surface area contributed by atoms with Gasteiger partial charge in [0.05, 0.1) is 9.79 Å². The van der Waals surface area contributed by atoms with Crippen LogP contribution in [-0.4, -0.2) is 42.0 Å². The number of halogens is 2. The number of carbonyl (C=O) groups is 2. The summed E-state index contributed by atoms with van der Waals surface area (Å²) in [5.74, 6) is 0. The molecular weight excluding hydrogens is 616 g/mol. The summed E-state index contributed by atoms with van der Waals surface area (Å²) in [4.78, 5) is 23.6. The van der Waals surface area contributed by atoms with Crippen LogP contribution in [0, 0.1) is 0 Å². The third kappa shape index (κ3) is 9.60. The number of rotatable bonds is 11. The number of hydrogen-bond acceptors (Lipinski definition) is 6. The third-order valence-corrected chi connectivity index (χ3v) is 7.99. The average Bonchev–Trinajstić information content (AvgIpc) is 2.75. The smallest absolute Gasteiger partial charge is 0.328 e. The van der Waals surface area contributed by atoms with E-state index in [1.165, 1.54) is 24.3 Å². The molecule has 0 aromatic heterocycles. The van der Waals surface area contributed by atoms with E-state index in [1.807, 2.05) is 9.44 Å². The Morgan fingerprint density at radius 2 is 1.03 bits per heavy atom. The monoisotopic (exact) mass is 638 g/mol. The standard InChI is InChI=1S/C20H24Br2N4O6S2/c21-15-7-5-9-17(13-15)33(29,30)25-19(27)23-11-3-1-2-4-12-24-20(28)26-34(31,32)18-10-6-8-16(22)14-18/h5-10,13-14H,1-4,11-12H2,(H2,23,25,27)(H2,24,26,28). The zero-order valence-corrected chi connectivity index (χ0v) is 22.7.